The molecule has 0 fully saturated rings. The third-order valence-corrected chi connectivity index (χ3v) is 14.4. The first-order chi connectivity index (χ1) is 37.5. The van der Waals surface area contributed by atoms with Gasteiger partial charge in [0.25, 0.3) is 0 Å². The van der Waals surface area contributed by atoms with E-state index in [-0.39, 0.29) is 0 Å². The molecule has 5 aromatic rings. The lowest BCUT2D eigenvalue weighted by atomic mass is 9.12. The first-order valence-electron chi connectivity index (χ1n) is 26.6. The maximum atomic E-state index is 15.4. The molecule has 0 saturated heterocycles. The summed E-state index contributed by atoms with van der Waals surface area (Å²) in [5.74, 6) is -71.4. The van der Waals surface area contributed by atoms with E-state index >= 15 is 35.1 Å². The number of rotatable bonds is 29. The molecule has 1 N–H and O–H groups in total. The number of nitrogens with one attached hydrogen (secondary N) is 1. The van der Waals surface area contributed by atoms with E-state index in [1.807, 2.05) is 0 Å². The minimum Gasteiger partial charge on any atom is -0.302 e. The predicted octanol–water partition coefficient (Wildman–Crippen LogP) is 16.0. The largest absolute Gasteiger partial charge is 0.302 e. The molecule has 22 heteroatoms. The smallest absolute Gasteiger partial charge is 0.200 e. The second kappa shape index (κ2) is 31.1. The zero-order chi connectivity index (χ0) is 58.9. The molecule has 438 valence electrons. The van der Waals surface area contributed by atoms with Crippen LogP contribution in [0.4, 0.5) is 93.5 Å². The molecule has 1 atom stereocenters. The van der Waals surface area contributed by atoms with Crippen molar-refractivity contribution in [3.8, 4) is 0 Å². The van der Waals surface area contributed by atoms with E-state index in [9.17, 15) is 52.7 Å². The molecule has 0 radical (unpaired) electrons. The summed E-state index contributed by atoms with van der Waals surface area (Å²) in [6.45, 7) is 9.55. The van der Waals surface area contributed by atoms with Gasteiger partial charge < -0.3 is 4.90 Å². The first-order valence-corrected chi connectivity index (χ1v) is 26.6. The average Bonchev–Trinajstić information content (AvgIpc) is 3.63. The number of hydrogen-bond donors (Lipinski definition) is 1. The molecular weight excluding hydrogens is 1090 g/mol. The van der Waals surface area contributed by atoms with Gasteiger partial charge in [-0.25, -0.2) is 87.8 Å². The minimum absolute atomic E-state index is 1.32. The van der Waals surface area contributed by atoms with Crippen LogP contribution in [-0.4, -0.2) is 19.2 Å². The van der Waals surface area contributed by atoms with E-state index in [1.165, 1.54) is 160 Å². The molecule has 0 aliphatic rings. The Labute approximate surface area is 446 Å². The summed E-state index contributed by atoms with van der Waals surface area (Å²) in [4.78, 5) is 1.74. The van der Waals surface area contributed by atoms with E-state index in [2.05, 4.69) is 45.0 Å². The highest BCUT2D eigenvalue weighted by Gasteiger charge is 2.52. The van der Waals surface area contributed by atoms with E-state index in [0.717, 1.165) is 0 Å². The summed E-state index contributed by atoms with van der Waals surface area (Å²) in [6, 6.07) is 9.11. The highest BCUT2D eigenvalue weighted by Crippen LogP contribution is 2.31. The predicted molar refractivity (Wildman–Crippen MR) is 264 cm³/mol. The number of quaternary nitrogens is 1. The van der Waals surface area contributed by atoms with Crippen LogP contribution < -0.4 is 26.8 Å². The van der Waals surface area contributed by atoms with Crippen LogP contribution >= 0.6 is 0 Å². The lowest BCUT2D eigenvalue weighted by molar-refractivity contribution is -0.833. The second-order valence-corrected chi connectivity index (χ2v) is 19.8. The van der Waals surface area contributed by atoms with Crippen LogP contribution in [0.15, 0.2) is 24.3 Å². The molecule has 0 amide bonds. The molecule has 1 unspecified atom stereocenters. The summed E-state index contributed by atoms with van der Waals surface area (Å²) in [6.07, 6.45) is 24.3. The molecule has 5 rings (SSSR count). The molecule has 0 bridgehead atoms. The lowest BCUT2D eigenvalue weighted by Crippen LogP contribution is -3.07. The molecule has 0 spiro atoms. The highest BCUT2D eigenvalue weighted by atomic mass is 19.2. The van der Waals surface area contributed by atoms with Gasteiger partial charge in [-0.05, 0) is 38.7 Å². The van der Waals surface area contributed by atoms with Crippen LogP contribution in [0.1, 0.15) is 161 Å². The van der Waals surface area contributed by atoms with Crippen LogP contribution in [0.3, 0.4) is 0 Å². The number of para-hydroxylation sites is 1. The fraction of sp³-hybridized carbons (Fsp3) is 0.474. The Morgan fingerprint density at radius 3 is 0.671 bits per heavy atom. The van der Waals surface area contributed by atoms with Gasteiger partial charge in [0, 0.05) is 5.56 Å². The number of aryl methyl sites for hydroxylation is 1. The molecule has 0 aliphatic heterocycles. The van der Waals surface area contributed by atoms with Gasteiger partial charge in [-0.1, -0.05) is 148 Å². The summed E-state index contributed by atoms with van der Waals surface area (Å²) < 4.78 is 294. The standard InChI is InChI=1S/C33H61N.C24BF20/c1-4-6-8-10-12-14-16-17-19-21-23-27-31-34(33-29-25-24-28-32(33)3)30-26-22-20-18-15-13-11-9-7-5-2;26-5-1(6(27)14(35)21(42)13(5)34)25(2-7(28)15(36)22(43)16(37)8(2)29,3-9(30)17(38)23(44)18(39)10(3)31)4-11(32)19(40)24(45)20(41)12(4)33/h24-25,28-29H,4-23,26-27,30-31H2,1-3H3;/q;-1/p+1. The fourth-order valence-electron chi connectivity index (χ4n) is 10.2. The maximum Gasteiger partial charge on any atom is 0.200 e. The van der Waals surface area contributed by atoms with E-state index in [4.69, 9.17) is 0 Å². The Morgan fingerprint density at radius 2 is 0.456 bits per heavy atom. The molecule has 0 heterocycles. The van der Waals surface area contributed by atoms with Crippen molar-refractivity contribution in [2.45, 2.75) is 162 Å². The number of benzene rings is 5. The number of halogens is 20. The summed E-state index contributed by atoms with van der Waals surface area (Å²) in [5.41, 5.74) is -11.3. The minimum atomic E-state index is -7.22. The van der Waals surface area contributed by atoms with Crippen molar-refractivity contribution in [1.29, 1.82) is 0 Å². The van der Waals surface area contributed by atoms with E-state index in [1.54, 1.807) is 10.6 Å². The fourth-order valence-corrected chi connectivity index (χ4v) is 10.2. The molecule has 0 saturated carbocycles. The van der Waals surface area contributed by atoms with Crippen molar-refractivity contribution in [2.75, 3.05) is 13.1 Å². The second-order valence-electron chi connectivity index (χ2n) is 19.8. The van der Waals surface area contributed by atoms with Crippen LogP contribution in [-0.2, 0) is 0 Å². The zero-order valence-corrected chi connectivity index (χ0v) is 43.9. The zero-order valence-electron chi connectivity index (χ0n) is 43.9. The van der Waals surface area contributed by atoms with Crippen LogP contribution in [0, 0.1) is 123 Å². The molecular formula is C57H62BF20N. The van der Waals surface area contributed by atoms with Gasteiger partial charge in [-0.3, -0.25) is 0 Å². The third-order valence-electron chi connectivity index (χ3n) is 14.4. The maximum absolute atomic E-state index is 15.4. The lowest BCUT2D eigenvalue weighted by Gasteiger charge is -2.44. The Hall–Kier alpha value is -5.28. The van der Waals surface area contributed by atoms with Gasteiger partial charge in [0.2, 0.25) is 0 Å². The Balaban J connectivity index is 0.000000355. The highest BCUT2D eigenvalue weighted by molar-refractivity contribution is 7.20. The Kier molecular flexibility index (Phi) is 26.1. The quantitative estimate of drug-likeness (QED) is 0.0160. The van der Waals surface area contributed by atoms with Gasteiger partial charge in [-0.2, -0.15) is 0 Å². The monoisotopic (exact) mass is 1150 g/mol. The summed E-state index contributed by atoms with van der Waals surface area (Å²) >= 11 is 0. The van der Waals surface area contributed by atoms with Gasteiger partial charge >= 0.3 is 0 Å². The molecule has 0 aromatic heterocycles. The molecule has 0 aliphatic carbocycles. The van der Waals surface area contributed by atoms with Crippen molar-refractivity contribution < 1.29 is 92.7 Å². The molecule has 5 aromatic carbocycles. The van der Waals surface area contributed by atoms with Crippen molar-refractivity contribution in [2.24, 2.45) is 0 Å². The molecule has 79 heavy (non-hydrogen) atoms. The van der Waals surface area contributed by atoms with Crippen molar-refractivity contribution in [1.82, 2.24) is 0 Å². The van der Waals surface area contributed by atoms with Gasteiger partial charge in [0.15, 0.2) is 69.8 Å². The van der Waals surface area contributed by atoms with Crippen LogP contribution in [0.2, 0.25) is 0 Å². The first kappa shape index (κ1) is 66.2. The van der Waals surface area contributed by atoms with Gasteiger partial charge in [0.05, 0.1) is 13.1 Å². The number of unbranched alkanes of at least 4 members (excludes halogenated alkanes) is 20. The van der Waals surface area contributed by atoms with E-state index < -0.39 is 144 Å². The van der Waals surface area contributed by atoms with Gasteiger partial charge in [0.1, 0.15) is 58.4 Å². The Morgan fingerprint density at radius 1 is 0.266 bits per heavy atom. The van der Waals surface area contributed by atoms with E-state index in [0.29, 0.717) is 0 Å². The molecule has 1 nitrogen and oxygen atoms in total. The van der Waals surface area contributed by atoms with Crippen molar-refractivity contribution >= 4 is 33.7 Å². The summed E-state index contributed by atoms with van der Waals surface area (Å²) in [7, 11) is 0. The normalized spacial score (nSPS) is 12.1. The topological polar surface area (TPSA) is 4.44 Å². The van der Waals surface area contributed by atoms with Crippen LogP contribution in [0.25, 0.3) is 0 Å². The van der Waals surface area contributed by atoms with Crippen molar-refractivity contribution in [3.63, 3.8) is 0 Å². The van der Waals surface area contributed by atoms with Crippen molar-refractivity contribution in [3.05, 3.63) is 146 Å². The van der Waals surface area contributed by atoms with Crippen LogP contribution in [0.5, 0.6) is 0 Å². The SMILES string of the molecule is CCCCCCCCCCCCCC[NH+](CCCCCCCCCCCC)c1ccccc1C.Fc1c(F)c(F)c([B-](c2c(F)c(F)c(F)c(F)c2F)(c2c(F)c(F)c(F)c(F)c2F)c2c(F)c(F)c(F)c(F)c2F)c(F)c1F. The average molecular weight is 1150 g/mol. The Bertz CT molecular complexity index is 2440. The number of hydrogen-bond acceptors (Lipinski definition) is 0. The third kappa shape index (κ3) is 15.0. The summed E-state index contributed by atoms with van der Waals surface area (Å²) in [5, 5.41) is 0. The van der Waals surface area contributed by atoms with Gasteiger partial charge in [-0.15, -0.1) is 21.9 Å².